The highest BCUT2D eigenvalue weighted by Gasteiger charge is 2.21. The zero-order valence-corrected chi connectivity index (χ0v) is 12.7. The molecule has 1 unspecified atom stereocenters. The number of hydrogen-bond acceptors (Lipinski definition) is 4. The Kier molecular flexibility index (Phi) is 6.57. The first kappa shape index (κ1) is 15.2. The Labute approximate surface area is 118 Å². The standard InChI is InChI=1S/C15H31N3O/c1-3-18-9-6-14(7-10-18)17(2)11-8-16-13-15-5-4-12-19-15/h14-16H,3-13H2,1-2H3. The number of hydrogen-bond donors (Lipinski definition) is 1. The first-order valence-corrected chi connectivity index (χ1v) is 8.04. The molecule has 19 heavy (non-hydrogen) atoms. The summed E-state index contributed by atoms with van der Waals surface area (Å²) in [6, 6.07) is 0.785. The lowest BCUT2D eigenvalue weighted by Gasteiger charge is -2.36. The van der Waals surface area contributed by atoms with Gasteiger partial charge < -0.3 is 19.9 Å². The van der Waals surface area contributed by atoms with Gasteiger partial charge in [-0.05, 0) is 52.4 Å². The molecule has 4 nitrogen and oxygen atoms in total. The third-order valence-corrected chi connectivity index (χ3v) is 4.66. The van der Waals surface area contributed by atoms with Crippen LogP contribution in [0.5, 0.6) is 0 Å². The summed E-state index contributed by atoms with van der Waals surface area (Å²) in [4.78, 5) is 5.09. The predicted molar refractivity (Wildman–Crippen MR) is 79.6 cm³/mol. The van der Waals surface area contributed by atoms with Crippen molar-refractivity contribution in [3.8, 4) is 0 Å². The van der Waals surface area contributed by atoms with E-state index in [2.05, 4.69) is 29.1 Å². The fourth-order valence-electron chi connectivity index (χ4n) is 3.18. The van der Waals surface area contributed by atoms with Crippen molar-refractivity contribution in [3.63, 3.8) is 0 Å². The molecule has 0 bridgehead atoms. The fourth-order valence-corrected chi connectivity index (χ4v) is 3.18. The maximum atomic E-state index is 5.62. The van der Waals surface area contributed by atoms with Crippen LogP contribution in [0.3, 0.4) is 0 Å². The van der Waals surface area contributed by atoms with Gasteiger partial charge in [0.25, 0.3) is 0 Å². The summed E-state index contributed by atoms with van der Waals surface area (Å²) in [6.45, 7) is 10.3. The monoisotopic (exact) mass is 269 g/mol. The van der Waals surface area contributed by atoms with E-state index in [0.29, 0.717) is 6.10 Å². The van der Waals surface area contributed by atoms with Crippen molar-refractivity contribution in [1.82, 2.24) is 15.1 Å². The smallest absolute Gasteiger partial charge is 0.0700 e. The highest BCUT2D eigenvalue weighted by atomic mass is 16.5. The maximum Gasteiger partial charge on any atom is 0.0700 e. The van der Waals surface area contributed by atoms with E-state index in [1.165, 1.54) is 45.3 Å². The van der Waals surface area contributed by atoms with Crippen molar-refractivity contribution >= 4 is 0 Å². The zero-order chi connectivity index (χ0) is 13.5. The van der Waals surface area contributed by atoms with Crippen LogP contribution in [-0.2, 0) is 4.74 Å². The largest absolute Gasteiger partial charge is 0.377 e. The number of rotatable bonds is 7. The lowest BCUT2D eigenvalue weighted by atomic mass is 10.0. The first-order valence-electron chi connectivity index (χ1n) is 8.04. The molecule has 0 aromatic heterocycles. The first-order chi connectivity index (χ1) is 9.29. The second-order valence-electron chi connectivity index (χ2n) is 5.99. The van der Waals surface area contributed by atoms with Crippen LogP contribution >= 0.6 is 0 Å². The van der Waals surface area contributed by atoms with E-state index in [1.54, 1.807) is 0 Å². The van der Waals surface area contributed by atoms with Crippen LogP contribution in [0.1, 0.15) is 32.6 Å². The Morgan fingerprint density at radius 2 is 2.05 bits per heavy atom. The van der Waals surface area contributed by atoms with Crippen molar-refractivity contribution in [2.45, 2.75) is 44.8 Å². The van der Waals surface area contributed by atoms with Crippen LogP contribution in [0.2, 0.25) is 0 Å². The minimum absolute atomic E-state index is 0.470. The molecule has 2 aliphatic rings. The molecule has 0 saturated carbocycles. The molecule has 2 rings (SSSR count). The molecular formula is C15H31N3O. The topological polar surface area (TPSA) is 27.7 Å². The van der Waals surface area contributed by atoms with E-state index in [-0.39, 0.29) is 0 Å². The molecule has 0 aromatic rings. The summed E-state index contributed by atoms with van der Waals surface area (Å²) in [5.74, 6) is 0. The number of nitrogens with zero attached hydrogens (tertiary/aromatic N) is 2. The van der Waals surface area contributed by atoms with Gasteiger partial charge in [0.2, 0.25) is 0 Å². The van der Waals surface area contributed by atoms with Gasteiger partial charge in [-0.2, -0.15) is 0 Å². The Morgan fingerprint density at radius 1 is 1.26 bits per heavy atom. The average Bonchev–Trinajstić information content (AvgIpc) is 2.96. The minimum Gasteiger partial charge on any atom is -0.377 e. The number of nitrogens with one attached hydrogen (secondary N) is 1. The molecule has 2 aliphatic heterocycles. The molecule has 0 radical (unpaired) electrons. The van der Waals surface area contributed by atoms with Crippen LogP contribution in [0.15, 0.2) is 0 Å². The van der Waals surface area contributed by atoms with Crippen LogP contribution in [0, 0.1) is 0 Å². The Bertz CT molecular complexity index is 236. The highest BCUT2D eigenvalue weighted by molar-refractivity contribution is 4.78. The summed E-state index contributed by atoms with van der Waals surface area (Å²) in [7, 11) is 2.28. The fraction of sp³-hybridized carbons (Fsp3) is 1.00. The van der Waals surface area contributed by atoms with Crippen molar-refractivity contribution in [3.05, 3.63) is 0 Å². The number of piperidine rings is 1. The molecule has 1 atom stereocenters. The van der Waals surface area contributed by atoms with Gasteiger partial charge in [0, 0.05) is 32.3 Å². The van der Waals surface area contributed by atoms with Crippen LogP contribution in [0.4, 0.5) is 0 Å². The van der Waals surface area contributed by atoms with Gasteiger partial charge in [-0.15, -0.1) is 0 Å². The molecule has 0 spiro atoms. The van der Waals surface area contributed by atoms with E-state index in [4.69, 9.17) is 4.74 Å². The summed E-state index contributed by atoms with van der Waals surface area (Å²) < 4.78 is 5.62. The van der Waals surface area contributed by atoms with Crippen molar-refractivity contribution in [2.75, 3.05) is 52.9 Å². The van der Waals surface area contributed by atoms with E-state index < -0.39 is 0 Å². The maximum absolute atomic E-state index is 5.62. The number of likely N-dealkylation sites (tertiary alicyclic amines) is 1. The lowest BCUT2D eigenvalue weighted by Crippen LogP contribution is -2.45. The molecule has 2 fully saturated rings. The van der Waals surface area contributed by atoms with E-state index in [1.807, 2.05) is 0 Å². The van der Waals surface area contributed by atoms with Gasteiger partial charge in [-0.1, -0.05) is 6.92 Å². The SMILES string of the molecule is CCN1CCC(N(C)CCNCC2CCCO2)CC1. The second kappa shape index (κ2) is 8.20. The molecule has 2 saturated heterocycles. The number of likely N-dealkylation sites (N-methyl/N-ethyl adjacent to an activating group) is 1. The third kappa shape index (κ3) is 5.03. The second-order valence-corrected chi connectivity index (χ2v) is 5.99. The number of ether oxygens (including phenoxy) is 1. The Balaban J connectivity index is 1.53. The molecule has 2 heterocycles. The van der Waals surface area contributed by atoms with E-state index in [0.717, 1.165) is 32.3 Å². The van der Waals surface area contributed by atoms with E-state index in [9.17, 15) is 0 Å². The normalized spacial score (nSPS) is 26.4. The lowest BCUT2D eigenvalue weighted by molar-refractivity contribution is 0.106. The molecule has 1 N–H and O–H groups in total. The molecule has 0 amide bonds. The quantitative estimate of drug-likeness (QED) is 0.702. The van der Waals surface area contributed by atoms with Gasteiger partial charge in [-0.3, -0.25) is 0 Å². The van der Waals surface area contributed by atoms with E-state index >= 15 is 0 Å². The summed E-state index contributed by atoms with van der Waals surface area (Å²) in [5.41, 5.74) is 0. The van der Waals surface area contributed by atoms with Gasteiger partial charge in [0.1, 0.15) is 0 Å². The van der Waals surface area contributed by atoms with Crippen LogP contribution in [0.25, 0.3) is 0 Å². The minimum atomic E-state index is 0.470. The predicted octanol–water partition coefficient (Wildman–Crippen LogP) is 1.17. The molecule has 4 heteroatoms. The molecule has 0 aromatic carbocycles. The van der Waals surface area contributed by atoms with Crippen molar-refractivity contribution in [1.29, 1.82) is 0 Å². The van der Waals surface area contributed by atoms with Gasteiger partial charge in [-0.25, -0.2) is 0 Å². The molecular weight excluding hydrogens is 238 g/mol. The average molecular weight is 269 g/mol. The summed E-state index contributed by atoms with van der Waals surface area (Å²) in [6.07, 6.45) is 5.60. The summed E-state index contributed by atoms with van der Waals surface area (Å²) in [5, 5.41) is 3.54. The van der Waals surface area contributed by atoms with Crippen LogP contribution in [-0.4, -0.2) is 74.9 Å². The zero-order valence-electron chi connectivity index (χ0n) is 12.7. The summed E-state index contributed by atoms with van der Waals surface area (Å²) >= 11 is 0. The van der Waals surface area contributed by atoms with Gasteiger partial charge in [0.15, 0.2) is 0 Å². The Morgan fingerprint density at radius 3 is 2.68 bits per heavy atom. The van der Waals surface area contributed by atoms with Crippen LogP contribution < -0.4 is 5.32 Å². The van der Waals surface area contributed by atoms with Gasteiger partial charge >= 0.3 is 0 Å². The Hall–Kier alpha value is -0.160. The van der Waals surface area contributed by atoms with Crippen molar-refractivity contribution in [2.24, 2.45) is 0 Å². The van der Waals surface area contributed by atoms with Crippen molar-refractivity contribution < 1.29 is 4.74 Å². The molecule has 0 aliphatic carbocycles. The highest BCUT2D eigenvalue weighted by Crippen LogP contribution is 2.14. The van der Waals surface area contributed by atoms with Gasteiger partial charge in [0.05, 0.1) is 6.10 Å². The third-order valence-electron chi connectivity index (χ3n) is 4.66. The molecule has 112 valence electrons.